The van der Waals surface area contributed by atoms with Crippen LogP contribution in [0.2, 0.25) is 0 Å². The van der Waals surface area contributed by atoms with E-state index in [0.717, 1.165) is 32.2 Å². The quantitative estimate of drug-likeness (QED) is 0.750. The zero-order valence-corrected chi connectivity index (χ0v) is 15.3. The van der Waals surface area contributed by atoms with Crippen LogP contribution in [0.4, 0.5) is 17.6 Å². The Kier molecular flexibility index (Phi) is 9.57. The Labute approximate surface area is 152 Å². The Bertz CT molecular complexity index is 503. The zero-order chi connectivity index (χ0) is 16.3. The van der Waals surface area contributed by atoms with Crippen molar-refractivity contribution < 1.29 is 17.6 Å². The summed E-state index contributed by atoms with van der Waals surface area (Å²) in [5.74, 6) is -0.508. The van der Waals surface area contributed by atoms with Crippen molar-refractivity contribution in [3.63, 3.8) is 0 Å². The van der Waals surface area contributed by atoms with Gasteiger partial charge in [-0.05, 0) is 36.1 Å². The lowest BCUT2D eigenvalue weighted by molar-refractivity contribution is -0.137. The molecular formula is C16H24Cl2F4N2. The number of hydrogen-bond donors (Lipinski definition) is 1. The number of alkyl halides is 3. The third-order valence-electron chi connectivity index (χ3n) is 3.92. The van der Waals surface area contributed by atoms with Gasteiger partial charge in [-0.25, -0.2) is 4.39 Å². The minimum atomic E-state index is -4.53. The van der Waals surface area contributed by atoms with Crippen LogP contribution in [-0.2, 0) is 6.18 Å². The molecule has 1 atom stereocenters. The molecule has 0 radical (unpaired) electrons. The molecule has 2 rings (SSSR count). The van der Waals surface area contributed by atoms with Crippen LogP contribution < -0.4 is 5.32 Å². The topological polar surface area (TPSA) is 15.3 Å². The maximum Gasteiger partial charge on any atom is 0.416 e. The monoisotopic (exact) mass is 390 g/mol. The van der Waals surface area contributed by atoms with Gasteiger partial charge < -0.3 is 5.32 Å². The first-order valence-corrected chi connectivity index (χ1v) is 7.60. The predicted octanol–water partition coefficient (Wildman–Crippen LogP) is 4.68. The zero-order valence-electron chi connectivity index (χ0n) is 13.7. The molecular weight excluding hydrogens is 367 g/mol. The molecule has 1 fully saturated rings. The van der Waals surface area contributed by atoms with Crippen LogP contribution in [-0.4, -0.2) is 31.1 Å². The Morgan fingerprint density at radius 3 is 2.17 bits per heavy atom. The van der Waals surface area contributed by atoms with Gasteiger partial charge in [0.1, 0.15) is 5.82 Å². The maximum absolute atomic E-state index is 13.7. The maximum atomic E-state index is 13.7. The normalized spacial score (nSPS) is 17.1. The largest absolute Gasteiger partial charge is 0.416 e. The number of hydrogen-bond acceptors (Lipinski definition) is 2. The van der Waals surface area contributed by atoms with E-state index < -0.39 is 17.6 Å². The van der Waals surface area contributed by atoms with Gasteiger partial charge in [-0.3, -0.25) is 4.90 Å². The van der Waals surface area contributed by atoms with Gasteiger partial charge in [-0.15, -0.1) is 24.8 Å². The summed E-state index contributed by atoms with van der Waals surface area (Å²) in [6, 6.07) is 2.72. The molecule has 1 N–H and O–H groups in total. The van der Waals surface area contributed by atoms with E-state index in [9.17, 15) is 17.6 Å². The van der Waals surface area contributed by atoms with Gasteiger partial charge in [0, 0.05) is 32.2 Å². The average Bonchev–Trinajstić information content (AvgIpc) is 2.44. The summed E-state index contributed by atoms with van der Waals surface area (Å²) >= 11 is 0. The van der Waals surface area contributed by atoms with E-state index in [1.54, 1.807) is 0 Å². The van der Waals surface area contributed by atoms with E-state index in [1.165, 1.54) is 6.07 Å². The first-order chi connectivity index (χ1) is 10.3. The number of nitrogens with one attached hydrogen (secondary N) is 1. The molecule has 1 heterocycles. The highest BCUT2D eigenvalue weighted by molar-refractivity contribution is 5.85. The van der Waals surface area contributed by atoms with E-state index in [1.807, 2.05) is 13.8 Å². The van der Waals surface area contributed by atoms with Crippen molar-refractivity contribution >= 4 is 24.8 Å². The fourth-order valence-corrected chi connectivity index (χ4v) is 2.90. The molecule has 1 aromatic carbocycles. The predicted molar refractivity (Wildman–Crippen MR) is 92.5 cm³/mol. The van der Waals surface area contributed by atoms with Gasteiger partial charge in [-0.1, -0.05) is 13.8 Å². The molecule has 140 valence electrons. The second-order valence-electron chi connectivity index (χ2n) is 6.20. The Morgan fingerprint density at radius 2 is 1.67 bits per heavy atom. The summed E-state index contributed by atoms with van der Waals surface area (Å²) in [5.41, 5.74) is -0.491. The first-order valence-electron chi connectivity index (χ1n) is 7.60. The Balaban J connectivity index is 0.00000264. The lowest BCUT2D eigenvalue weighted by Gasteiger charge is -2.36. The fourth-order valence-electron chi connectivity index (χ4n) is 2.90. The van der Waals surface area contributed by atoms with Crippen molar-refractivity contribution in [2.75, 3.05) is 26.2 Å². The SMILES string of the molecule is CC(C)C[C@@H](c1cc(F)cc(C(F)(F)F)c1)N1CCNCC1.Cl.Cl. The van der Waals surface area contributed by atoms with Gasteiger partial charge in [0.25, 0.3) is 0 Å². The number of nitrogens with zero attached hydrogens (tertiary/aromatic N) is 1. The van der Waals surface area contributed by atoms with Gasteiger partial charge >= 0.3 is 6.18 Å². The van der Waals surface area contributed by atoms with Gasteiger partial charge in [0.2, 0.25) is 0 Å². The Hall–Kier alpha value is -0.560. The standard InChI is InChI=1S/C16H22F4N2.2ClH/c1-11(2)7-15(22-5-3-21-4-6-22)12-8-13(16(18,19)20)10-14(17)9-12;;/h8-11,15,21H,3-7H2,1-2H3;2*1H/t15-;;/m0../s1. The molecule has 0 unspecified atom stereocenters. The molecule has 0 bridgehead atoms. The van der Waals surface area contributed by atoms with Crippen molar-refractivity contribution in [3.8, 4) is 0 Å². The summed E-state index contributed by atoms with van der Waals surface area (Å²) in [6.45, 7) is 7.18. The highest BCUT2D eigenvalue weighted by Crippen LogP contribution is 2.35. The molecule has 0 saturated carbocycles. The fraction of sp³-hybridized carbons (Fsp3) is 0.625. The molecule has 0 aromatic heterocycles. The molecule has 1 aromatic rings. The minimum absolute atomic E-state index is 0. The van der Waals surface area contributed by atoms with Crippen LogP contribution in [0.3, 0.4) is 0 Å². The van der Waals surface area contributed by atoms with E-state index >= 15 is 0 Å². The van der Waals surface area contributed by atoms with Crippen LogP contribution in [0.1, 0.15) is 37.4 Å². The van der Waals surface area contributed by atoms with Crippen LogP contribution in [0.25, 0.3) is 0 Å². The number of rotatable bonds is 4. The smallest absolute Gasteiger partial charge is 0.314 e. The number of piperazine rings is 1. The summed E-state index contributed by atoms with van der Waals surface area (Å²) in [4.78, 5) is 2.14. The lowest BCUT2D eigenvalue weighted by atomic mass is 9.93. The van der Waals surface area contributed by atoms with E-state index in [0.29, 0.717) is 24.0 Å². The van der Waals surface area contributed by atoms with Crippen LogP contribution in [0, 0.1) is 11.7 Å². The molecule has 0 amide bonds. The third-order valence-corrected chi connectivity index (χ3v) is 3.92. The van der Waals surface area contributed by atoms with Crippen LogP contribution >= 0.6 is 24.8 Å². The highest BCUT2D eigenvalue weighted by atomic mass is 35.5. The van der Waals surface area contributed by atoms with Gasteiger partial charge in [-0.2, -0.15) is 13.2 Å². The molecule has 0 spiro atoms. The molecule has 1 aliphatic heterocycles. The summed E-state index contributed by atoms with van der Waals surface area (Å²) in [6.07, 6.45) is -3.82. The average molecular weight is 391 g/mol. The minimum Gasteiger partial charge on any atom is -0.314 e. The van der Waals surface area contributed by atoms with Crippen molar-refractivity contribution in [2.45, 2.75) is 32.5 Å². The molecule has 2 nitrogen and oxygen atoms in total. The number of benzene rings is 1. The van der Waals surface area contributed by atoms with E-state index in [2.05, 4.69) is 10.2 Å². The van der Waals surface area contributed by atoms with Crippen molar-refractivity contribution in [3.05, 3.63) is 35.1 Å². The van der Waals surface area contributed by atoms with Crippen molar-refractivity contribution in [2.24, 2.45) is 5.92 Å². The van der Waals surface area contributed by atoms with Crippen LogP contribution in [0.5, 0.6) is 0 Å². The molecule has 24 heavy (non-hydrogen) atoms. The summed E-state index contributed by atoms with van der Waals surface area (Å²) < 4.78 is 52.5. The van der Waals surface area contributed by atoms with Crippen molar-refractivity contribution in [1.29, 1.82) is 0 Å². The lowest BCUT2D eigenvalue weighted by Crippen LogP contribution is -2.45. The summed E-state index contributed by atoms with van der Waals surface area (Å²) in [7, 11) is 0. The molecule has 1 saturated heterocycles. The Morgan fingerprint density at radius 1 is 1.08 bits per heavy atom. The highest BCUT2D eigenvalue weighted by Gasteiger charge is 2.33. The molecule has 8 heteroatoms. The van der Waals surface area contributed by atoms with Gasteiger partial charge in [0.15, 0.2) is 0 Å². The second-order valence-corrected chi connectivity index (χ2v) is 6.20. The van der Waals surface area contributed by atoms with Gasteiger partial charge in [0.05, 0.1) is 5.56 Å². The third kappa shape index (κ3) is 6.39. The summed E-state index contributed by atoms with van der Waals surface area (Å²) in [5, 5.41) is 3.23. The second kappa shape index (κ2) is 9.80. The van der Waals surface area contributed by atoms with Crippen molar-refractivity contribution in [1.82, 2.24) is 10.2 Å². The number of halogens is 6. The molecule has 1 aliphatic rings. The first kappa shape index (κ1) is 23.4. The van der Waals surface area contributed by atoms with E-state index in [4.69, 9.17) is 0 Å². The van der Waals surface area contributed by atoms with E-state index in [-0.39, 0.29) is 30.9 Å². The van der Waals surface area contributed by atoms with Crippen LogP contribution in [0.15, 0.2) is 18.2 Å². The molecule has 0 aliphatic carbocycles.